The maximum Gasteiger partial charge on any atom is 0.410 e. The van der Waals surface area contributed by atoms with Crippen LogP contribution in [0.25, 0.3) is 0 Å². The number of nitrogens with zero attached hydrogens (tertiary/aromatic N) is 1. The van der Waals surface area contributed by atoms with Gasteiger partial charge in [0, 0.05) is 13.1 Å². The predicted octanol–water partition coefficient (Wildman–Crippen LogP) is 4.28. The van der Waals surface area contributed by atoms with Crippen LogP contribution in [0.4, 0.5) is 4.79 Å². The van der Waals surface area contributed by atoms with E-state index in [1.165, 1.54) is 5.56 Å². The van der Waals surface area contributed by atoms with Gasteiger partial charge in [-0.05, 0) is 78.1 Å². The monoisotopic (exact) mass is 481 g/mol. The number of benzene rings is 1. The first kappa shape index (κ1) is 29.1. The summed E-state index contributed by atoms with van der Waals surface area (Å²) in [5.41, 5.74) is 1.78. The van der Waals surface area contributed by atoms with Crippen LogP contribution in [0.2, 0.25) is 0 Å². The Balaban J connectivity index is 0.000000385. The minimum absolute atomic E-state index is 0.195. The highest BCUT2D eigenvalue weighted by molar-refractivity contribution is 5.91. The number of hydrogen-bond donors (Lipinski definition) is 0. The average molecular weight is 482 g/mol. The van der Waals surface area contributed by atoms with Crippen LogP contribution in [0.3, 0.4) is 0 Å². The van der Waals surface area contributed by atoms with Crippen molar-refractivity contribution in [1.29, 1.82) is 0 Å². The largest absolute Gasteiger partial charge is 0.493 e. The van der Waals surface area contributed by atoms with Crippen LogP contribution in [0.15, 0.2) is 12.1 Å². The third kappa shape index (κ3) is 10.3. The Labute approximate surface area is 202 Å². The standard InChI is InChI=1S/C16H23NO4.C9H16O4/c1-16(2,3)21-15(18)17-7-6-11-8-13(19-4)14(20-5)9-12(11)10-17;1-6(2)12-8(10)5-9(11)13-7(3)4/h8-9H,6-7,10H2,1-5H3;6-7H,5H2,1-4H3. The van der Waals surface area contributed by atoms with Crippen LogP contribution in [0.5, 0.6) is 11.5 Å². The van der Waals surface area contributed by atoms with Gasteiger partial charge in [-0.3, -0.25) is 9.59 Å². The van der Waals surface area contributed by atoms with Crippen molar-refractivity contribution in [1.82, 2.24) is 4.90 Å². The Morgan fingerprint density at radius 3 is 1.76 bits per heavy atom. The summed E-state index contributed by atoms with van der Waals surface area (Å²) in [6, 6.07) is 3.92. The molecular weight excluding hydrogens is 442 g/mol. The van der Waals surface area contributed by atoms with Gasteiger partial charge in [0.05, 0.1) is 26.4 Å². The number of fused-ring (bicyclic) bond motifs is 1. The van der Waals surface area contributed by atoms with Crippen LogP contribution < -0.4 is 9.47 Å². The topological polar surface area (TPSA) is 101 Å². The third-order valence-corrected chi connectivity index (χ3v) is 4.39. The number of carbonyl (C=O) groups is 3. The van der Waals surface area contributed by atoms with Crippen LogP contribution >= 0.6 is 0 Å². The van der Waals surface area contributed by atoms with Gasteiger partial charge in [-0.1, -0.05) is 0 Å². The van der Waals surface area contributed by atoms with E-state index in [0.29, 0.717) is 18.8 Å². The van der Waals surface area contributed by atoms with Gasteiger partial charge in [0.2, 0.25) is 0 Å². The lowest BCUT2D eigenvalue weighted by molar-refractivity contribution is -0.158. The summed E-state index contributed by atoms with van der Waals surface area (Å²) >= 11 is 0. The summed E-state index contributed by atoms with van der Waals surface area (Å²) in [5, 5.41) is 0. The average Bonchev–Trinajstić information content (AvgIpc) is 2.70. The van der Waals surface area contributed by atoms with E-state index in [1.54, 1.807) is 46.8 Å². The molecule has 0 radical (unpaired) electrons. The first-order valence-electron chi connectivity index (χ1n) is 11.4. The van der Waals surface area contributed by atoms with Crippen LogP contribution in [-0.4, -0.2) is 61.5 Å². The Bertz CT molecular complexity index is 822. The van der Waals surface area contributed by atoms with Crippen LogP contribution in [0.1, 0.15) is 66.0 Å². The van der Waals surface area contributed by atoms with Gasteiger partial charge < -0.3 is 28.6 Å². The van der Waals surface area contributed by atoms with Gasteiger partial charge in [-0.2, -0.15) is 0 Å². The molecule has 0 saturated carbocycles. The molecule has 0 N–H and O–H groups in total. The van der Waals surface area contributed by atoms with Crippen molar-refractivity contribution in [2.45, 2.75) is 85.7 Å². The number of rotatable bonds is 6. The van der Waals surface area contributed by atoms with Crippen molar-refractivity contribution in [3.05, 3.63) is 23.3 Å². The van der Waals surface area contributed by atoms with E-state index in [2.05, 4.69) is 0 Å². The summed E-state index contributed by atoms with van der Waals surface area (Å²) < 4.78 is 25.6. The fraction of sp³-hybridized carbons (Fsp3) is 0.640. The second-order valence-electron chi connectivity index (χ2n) is 9.38. The molecule has 1 aromatic carbocycles. The summed E-state index contributed by atoms with van der Waals surface area (Å²) in [6.45, 7) is 13.7. The normalized spacial score (nSPS) is 12.9. The Morgan fingerprint density at radius 1 is 0.882 bits per heavy atom. The molecule has 0 spiro atoms. The van der Waals surface area contributed by atoms with Crippen molar-refractivity contribution in [3.63, 3.8) is 0 Å². The van der Waals surface area contributed by atoms with Crippen LogP contribution in [-0.2, 0) is 36.8 Å². The van der Waals surface area contributed by atoms with Crippen molar-refractivity contribution < 1.29 is 38.1 Å². The third-order valence-electron chi connectivity index (χ3n) is 4.39. The minimum atomic E-state index is -0.541. The van der Waals surface area contributed by atoms with E-state index in [9.17, 15) is 14.4 Å². The van der Waals surface area contributed by atoms with E-state index in [4.69, 9.17) is 23.7 Å². The second kappa shape index (κ2) is 13.1. The lowest BCUT2D eigenvalue weighted by Gasteiger charge is -2.31. The molecule has 1 aliphatic heterocycles. The molecule has 9 nitrogen and oxygen atoms in total. The molecule has 1 amide bonds. The highest BCUT2D eigenvalue weighted by atomic mass is 16.6. The molecule has 1 heterocycles. The molecular formula is C25H39NO8. The zero-order valence-corrected chi connectivity index (χ0v) is 21.9. The van der Waals surface area contributed by atoms with Crippen molar-refractivity contribution in [3.8, 4) is 11.5 Å². The van der Waals surface area contributed by atoms with Crippen molar-refractivity contribution >= 4 is 18.0 Å². The SMILES string of the molecule is CC(C)OC(=O)CC(=O)OC(C)C.COc1cc2c(cc1OC)CN(C(=O)OC(C)(C)C)CC2. The molecule has 192 valence electrons. The molecule has 1 aliphatic rings. The first-order chi connectivity index (χ1) is 15.7. The maximum absolute atomic E-state index is 12.1. The number of hydrogen-bond acceptors (Lipinski definition) is 8. The Morgan fingerprint density at radius 2 is 1.35 bits per heavy atom. The quantitative estimate of drug-likeness (QED) is 0.337. The molecule has 0 aromatic heterocycles. The molecule has 1 aromatic rings. The number of methoxy groups -OCH3 is 2. The Kier molecular flexibility index (Phi) is 11.2. The predicted molar refractivity (Wildman–Crippen MR) is 127 cm³/mol. The van der Waals surface area contributed by atoms with Gasteiger partial charge in [0.15, 0.2) is 11.5 Å². The number of ether oxygens (including phenoxy) is 5. The van der Waals surface area contributed by atoms with Gasteiger partial charge in [0.1, 0.15) is 12.0 Å². The summed E-state index contributed by atoms with van der Waals surface area (Å²) in [5.74, 6) is 0.325. The number of carbonyl (C=O) groups excluding carboxylic acids is 3. The van der Waals surface area contributed by atoms with E-state index < -0.39 is 17.5 Å². The maximum atomic E-state index is 12.1. The molecule has 2 rings (SSSR count). The fourth-order valence-corrected chi connectivity index (χ4v) is 3.09. The van der Waals surface area contributed by atoms with Gasteiger partial charge in [-0.25, -0.2) is 4.79 Å². The molecule has 0 atom stereocenters. The lowest BCUT2D eigenvalue weighted by Crippen LogP contribution is -2.39. The van der Waals surface area contributed by atoms with Gasteiger partial charge in [-0.15, -0.1) is 0 Å². The second-order valence-corrected chi connectivity index (χ2v) is 9.38. The molecule has 0 saturated heterocycles. The van der Waals surface area contributed by atoms with E-state index in [1.807, 2.05) is 32.9 Å². The lowest BCUT2D eigenvalue weighted by atomic mass is 9.99. The highest BCUT2D eigenvalue weighted by Crippen LogP contribution is 2.33. The van der Waals surface area contributed by atoms with Gasteiger partial charge in [0.25, 0.3) is 0 Å². The van der Waals surface area contributed by atoms with Crippen LogP contribution in [0, 0.1) is 0 Å². The molecule has 0 unspecified atom stereocenters. The first-order valence-corrected chi connectivity index (χ1v) is 11.4. The smallest absolute Gasteiger partial charge is 0.410 e. The zero-order valence-electron chi connectivity index (χ0n) is 21.9. The van der Waals surface area contributed by atoms with Crippen molar-refractivity contribution in [2.24, 2.45) is 0 Å². The molecule has 0 fully saturated rings. The van der Waals surface area contributed by atoms with E-state index in [-0.39, 0.29) is 24.7 Å². The molecule has 0 bridgehead atoms. The zero-order chi connectivity index (χ0) is 26.1. The molecule has 9 heteroatoms. The number of esters is 2. The van der Waals surface area contributed by atoms with E-state index in [0.717, 1.165) is 17.7 Å². The summed E-state index contributed by atoms with van der Waals surface area (Å²) in [6.07, 6.45) is -0.188. The number of amides is 1. The fourth-order valence-electron chi connectivity index (χ4n) is 3.09. The summed E-state index contributed by atoms with van der Waals surface area (Å²) in [4.78, 5) is 35.7. The van der Waals surface area contributed by atoms with Crippen molar-refractivity contribution in [2.75, 3.05) is 20.8 Å². The molecule has 0 aliphatic carbocycles. The van der Waals surface area contributed by atoms with Gasteiger partial charge >= 0.3 is 18.0 Å². The van der Waals surface area contributed by atoms with E-state index >= 15 is 0 Å². The highest BCUT2D eigenvalue weighted by Gasteiger charge is 2.26. The minimum Gasteiger partial charge on any atom is -0.493 e. The Hall–Kier alpha value is -2.97. The summed E-state index contributed by atoms with van der Waals surface area (Å²) in [7, 11) is 3.23. The molecule has 34 heavy (non-hydrogen) atoms.